The number of anilines is 1. The molecule has 2 aromatic rings. The van der Waals surface area contributed by atoms with Crippen LogP contribution in [0.1, 0.15) is 20.7 Å². The monoisotopic (exact) mass is 293 g/mol. The van der Waals surface area contributed by atoms with E-state index in [2.05, 4.69) is 10.3 Å². The molecule has 0 unspecified atom stereocenters. The molecule has 0 atom stereocenters. The van der Waals surface area contributed by atoms with Crippen molar-refractivity contribution < 1.29 is 14.0 Å². The summed E-state index contributed by atoms with van der Waals surface area (Å²) in [6.07, 6.45) is 1.23. The van der Waals surface area contributed by atoms with Gasteiger partial charge in [0.25, 0.3) is 5.91 Å². The van der Waals surface area contributed by atoms with Gasteiger partial charge in [-0.05, 0) is 30.3 Å². The summed E-state index contributed by atoms with van der Waals surface area (Å²) in [4.78, 5) is 26.3. The minimum atomic E-state index is -0.896. The number of nitrogens with one attached hydrogen (secondary N) is 1. The van der Waals surface area contributed by atoms with E-state index in [9.17, 15) is 14.0 Å². The number of carbonyl (C=O) groups excluding carboxylic acids is 2. The zero-order chi connectivity index (χ0) is 14.7. The van der Waals surface area contributed by atoms with E-state index in [4.69, 9.17) is 17.3 Å². The molecule has 1 aromatic heterocycles. The average Bonchev–Trinajstić information content (AvgIpc) is 2.41. The summed E-state index contributed by atoms with van der Waals surface area (Å²) in [7, 11) is 0. The van der Waals surface area contributed by atoms with Crippen LogP contribution in [-0.4, -0.2) is 16.8 Å². The predicted octanol–water partition coefficient (Wildman–Crippen LogP) is 2.23. The van der Waals surface area contributed by atoms with Crippen molar-refractivity contribution in [2.24, 2.45) is 5.73 Å². The molecule has 2 amide bonds. The van der Waals surface area contributed by atoms with Crippen LogP contribution in [0.5, 0.6) is 0 Å². The Labute approximate surface area is 118 Å². The second kappa shape index (κ2) is 5.66. The number of halogens is 2. The van der Waals surface area contributed by atoms with Crippen LogP contribution in [0, 0.1) is 5.95 Å². The number of aromatic nitrogens is 1. The predicted molar refractivity (Wildman–Crippen MR) is 72.1 cm³/mol. The van der Waals surface area contributed by atoms with Gasteiger partial charge in [0.2, 0.25) is 11.9 Å². The highest BCUT2D eigenvalue weighted by Gasteiger charge is 2.14. The van der Waals surface area contributed by atoms with Gasteiger partial charge in [-0.1, -0.05) is 11.6 Å². The molecule has 3 N–H and O–H groups in total. The third-order valence-corrected chi connectivity index (χ3v) is 2.83. The molecule has 5 nitrogen and oxygen atoms in total. The van der Waals surface area contributed by atoms with Gasteiger partial charge in [0.1, 0.15) is 0 Å². The Kier molecular flexibility index (Phi) is 3.95. The SMILES string of the molecule is NC(=O)c1ccc(Cl)c(NC(=O)c2cccnc2F)c1. The molecular weight excluding hydrogens is 285 g/mol. The Morgan fingerprint density at radius 1 is 1.30 bits per heavy atom. The fourth-order valence-corrected chi connectivity index (χ4v) is 1.68. The number of rotatable bonds is 3. The van der Waals surface area contributed by atoms with Crippen molar-refractivity contribution in [1.29, 1.82) is 0 Å². The number of hydrogen-bond donors (Lipinski definition) is 2. The molecule has 0 saturated carbocycles. The van der Waals surface area contributed by atoms with E-state index in [1.165, 1.54) is 36.5 Å². The van der Waals surface area contributed by atoms with Gasteiger partial charge in [-0.25, -0.2) is 4.98 Å². The standard InChI is InChI=1S/C13H9ClFN3O2/c14-9-4-3-7(12(16)19)6-10(9)18-13(20)8-2-1-5-17-11(8)15/h1-6H,(H2,16,19)(H,18,20). The van der Waals surface area contributed by atoms with Crippen LogP contribution in [-0.2, 0) is 0 Å². The van der Waals surface area contributed by atoms with Gasteiger partial charge in [-0.2, -0.15) is 4.39 Å². The third kappa shape index (κ3) is 2.92. The summed E-state index contributed by atoms with van der Waals surface area (Å²) in [5, 5.41) is 2.61. The molecule has 0 saturated heterocycles. The van der Waals surface area contributed by atoms with E-state index in [1.807, 2.05) is 0 Å². The lowest BCUT2D eigenvalue weighted by molar-refractivity contribution is 0.0995. The Morgan fingerprint density at radius 3 is 2.70 bits per heavy atom. The molecule has 0 bridgehead atoms. The lowest BCUT2D eigenvalue weighted by Gasteiger charge is -2.08. The normalized spacial score (nSPS) is 10.1. The maximum Gasteiger partial charge on any atom is 0.260 e. The van der Waals surface area contributed by atoms with Crippen molar-refractivity contribution in [2.45, 2.75) is 0 Å². The van der Waals surface area contributed by atoms with Gasteiger partial charge < -0.3 is 11.1 Å². The number of hydrogen-bond acceptors (Lipinski definition) is 3. The van der Waals surface area contributed by atoms with Crippen LogP contribution in [0.25, 0.3) is 0 Å². The van der Waals surface area contributed by atoms with E-state index in [0.717, 1.165) is 0 Å². The first-order valence-corrected chi connectivity index (χ1v) is 5.88. The fraction of sp³-hybridized carbons (Fsp3) is 0. The minimum absolute atomic E-state index is 0.163. The van der Waals surface area contributed by atoms with Gasteiger partial charge in [-0.15, -0.1) is 0 Å². The lowest BCUT2D eigenvalue weighted by Crippen LogP contribution is -2.16. The molecule has 0 aliphatic carbocycles. The molecule has 1 heterocycles. The van der Waals surface area contributed by atoms with Gasteiger partial charge in [-0.3, -0.25) is 9.59 Å². The van der Waals surface area contributed by atoms with E-state index in [0.29, 0.717) is 0 Å². The van der Waals surface area contributed by atoms with Crippen LogP contribution < -0.4 is 11.1 Å². The first-order chi connectivity index (χ1) is 9.49. The topological polar surface area (TPSA) is 85.1 Å². The van der Waals surface area contributed by atoms with Crippen molar-refractivity contribution in [1.82, 2.24) is 4.98 Å². The van der Waals surface area contributed by atoms with E-state index in [1.54, 1.807) is 0 Å². The largest absolute Gasteiger partial charge is 0.366 e. The molecule has 0 fully saturated rings. The number of pyridine rings is 1. The number of primary amides is 1. The van der Waals surface area contributed by atoms with Crippen LogP contribution in [0.3, 0.4) is 0 Å². The molecule has 0 radical (unpaired) electrons. The van der Waals surface area contributed by atoms with Gasteiger partial charge in [0, 0.05) is 11.8 Å². The highest BCUT2D eigenvalue weighted by molar-refractivity contribution is 6.34. The molecular formula is C13H9ClFN3O2. The van der Waals surface area contributed by atoms with E-state index >= 15 is 0 Å². The number of benzene rings is 1. The molecule has 102 valence electrons. The number of amides is 2. The zero-order valence-electron chi connectivity index (χ0n) is 10.1. The summed E-state index contributed by atoms with van der Waals surface area (Å²) in [6.45, 7) is 0. The molecule has 0 aliphatic heterocycles. The third-order valence-electron chi connectivity index (χ3n) is 2.50. The summed E-state index contributed by atoms with van der Waals surface area (Å²) in [6, 6.07) is 6.86. The second-order valence-corrected chi connectivity index (χ2v) is 4.26. The first-order valence-electron chi connectivity index (χ1n) is 5.50. The van der Waals surface area contributed by atoms with E-state index in [-0.39, 0.29) is 21.8 Å². The number of nitrogens with two attached hydrogens (primary N) is 1. The average molecular weight is 294 g/mol. The van der Waals surface area contributed by atoms with E-state index < -0.39 is 17.8 Å². The van der Waals surface area contributed by atoms with Crippen molar-refractivity contribution in [3.05, 3.63) is 58.6 Å². The van der Waals surface area contributed by atoms with Crippen molar-refractivity contribution in [3.8, 4) is 0 Å². The smallest absolute Gasteiger partial charge is 0.260 e. The summed E-state index contributed by atoms with van der Waals surface area (Å²) < 4.78 is 13.4. The zero-order valence-corrected chi connectivity index (χ0v) is 10.8. The van der Waals surface area contributed by atoms with Crippen molar-refractivity contribution in [2.75, 3.05) is 5.32 Å². The van der Waals surface area contributed by atoms with Crippen LogP contribution >= 0.6 is 11.6 Å². The lowest BCUT2D eigenvalue weighted by atomic mass is 10.2. The Balaban J connectivity index is 2.30. The van der Waals surface area contributed by atoms with Gasteiger partial charge >= 0.3 is 0 Å². The maximum atomic E-state index is 13.4. The van der Waals surface area contributed by atoms with Gasteiger partial charge in [0.05, 0.1) is 16.3 Å². The van der Waals surface area contributed by atoms with Crippen molar-refractivity contribution >= 4 is 29.1 Å². The highest BCUT2D eigenvalue weighted by atomic mass is 35.5. The first kappa shape index (κ1) is 14.0. The van der Waals surface area contributed by atoms with Crippen LogP contribution in [0.2, 0.25) is 5.02 Å². The van der Waals surface area contributed by atoms with Crippen LogP contribution in [0.4, 0.5) is 10.1 Å². The minimum Gasteiger partial charge on any atom is -0.366 e. The Bertz CT molecular complexity index is 691. The van der Waals surface area contributed by atoms with Crippen molar-refractivity contribution in [3.63, 3.8) is 0 Å². The molecule has 2 rings (SSSR count). The molecule has 1 aromatic carbocycles. The molecule has 0 aliphatic rings. The Hall–Kier alpha value is -2.47. The maximum absolute atomic E-state index is 13.4. The fourth-order valence-electron chi connectivity index (χ4n) is 1.52. The summed E-state index contributed by atoms with van der Waals surface area (Å²) in [5.41, 5.74) is 5.25. The number of nitrogens with zero attached hydrogens (tertiary/aromatic N) is 1. The van der Waals surface area contributed by atoms with Crippen LogP contribution in [0.15, 0.2) is 36.5 Å². The Morgan fingerprint density at radius 2 is 2.05 bits per heavy atom. The summed E-state index contributed by atoms with van der Waals surface area (Å²) >= 11 is 5.90. The second-order valence-electron chi connectivity index (χ2n) is 3.85. The van der Waals surface area contributed by atoms with Gasteiger partial charge in [0.15, 0.2) is 0 Å². The highest BCUT2D eigenvalue weighted by Crippen LogP contribution is 2.23. The summed E-state index contributed by atoms with van der Waals surface area (Å²) in [5.74, 6) is -2.28. The molecule has 20 heavy (non-hydrogen) atoms. The number of carbonyl (C=O) groups is 2. The quantitative estimate of drug-likeness (QED) is 0.851. The molecule has 0 spiro atoms. The molecule has 7 heteroatoms.